The molecule has 3 aromatic carbocycles. The zero-order valence-electron chi connectivity index (χ0n) is 19.2. The first-order valence-electron chi connectivity index (χ1n) is 10.8. The second-order valence-corrected chi connectivity index (χ2v) is 9.31. The van der Waals surface area contributed by atoms with E-state index in [4.69, 9.17) is 16.3 Å². The van der Waals surface area contributed by atoms with Gasteiger partial charge in [0, 0.05) is 16.4 Å². The molecule has 0 atom stereocenters. The number of rotatable bonds is 8. The predicted octanol–water partition coefficient (Wildman–Crippen LogP) is 6.45. The maximum atomic E-state index is 12.6. The summed E-state index contributed by atoms with van der Waals surface area (Å²) in [6.45, 7) is 4.28. The number of carbonyl (C=O) groups excluding carboxylic acids is 1. The first-order valence-corrected chi connectivity index (χ1v) is 12.2. The predicted molar refractivity (Wildman–Crippen MR) is 138 cm³/mol. The van der Waals surface area contributed by atoms with Gasteiger partial charge in [-0.25, -0.2) is 0 Å². The number of nitrogens with zero attached hydrogens (tertiary/aromatic N) is 3. The third kappa shape index (κ3) is 5.43. The van der Waals surface area contributed by atoms with Gasteiger partial charge >= 0.3 is 0 Å². The van der Waals surface area contributed by atoms with E-state index in [1.54, 1.807) is 7.11 Å². The Morgan fingerprint density at radius 3 is 2.41 bits per heavy atom. The summed E-state index contributed by atoms with van der Waals surface area (Å²) in [6.07, 6.45) is 0. The summed E-state index contributed by atoms with van der Waals surface area (Å²) in [6, 6.07) is 22.9. The molecule has 0 spiro atoms. The van der Waals surface area contributed by atoms with E-state index in [1.165, 1.54) is 17.3 Å². The van der Waals surface area contributed by atoms with Gasteiger partial charge in [-0.3, -0.25) is 9.36 Å². The minimum absolute atomic E-state index is 0.119. The van der Waals surface area contributed by atoms with Gasteiger partial charge in [0.2, 0.25) is 5.91 Å². The van der Waals surface area contributed by atoms with Crippen LogP contribution in [-0.4, -0.2) is 33.5 Å². The fourth-order valence-corrected chi connectivity index (χ4v) is 4.35. The van der Waals surface area contributed by atoms with Crippen molar-refractivity contribution in [1.82, 2.24) is 14.8 Å². The number of aromatic nitrogens is 3. The molecule has 0 unspecified atom stereocenters. The topological polar surface area (TPSA) is 69.0 Å². The molecule has 0 saturated carbocycles. The summed E-state index contributed by atoms with van der Waals surface area (Å²) in [7, 11) is 1.62. The Hall–Kier alpha value is -3.29. The van der Waals surface area contributed by atoms with Crippen LogP contribution in [0.2, 0.25) is 5.02 Å². The van der Waals surface area contributed by atoms with Crippen molar-refractivity contribution < 1.29 is 9.53 Å². The highest BCUT2D eigenvalue weighted by Gasteiger charge is 2.20. The number of ether oxygens (including phenoxy) is 1. The zero-order chi connectivity index (χ0) is 24.1. The van der Waals surface area contributed by atoms with E-state index < -0.39 is 0 Å². The van der Waals surface area contributed by atoms with Crippen LogP contribution in [0.25, 0.3) is 17.1 Å². The van der Waals surface area contributed by atoms with Gasteiger partial charge in [-0.05, 0) is 60.0 Å². The fourth-order valence-electron chi connectivity index (χ4n) is 3.47. The van der Waals surface area contributed by atoms with E-state index in [1.807, 2.05) is 77.4 Å². The summed E-state index contributed by atoms with van der Waals surface area (Å²) < 4.78 is 7.44. The van der Waals surface area contributed by atoms with Crippen molar-refractivity contribution in [2.24, 2.45) is 0 Å². The Kier molecular flexibility index (Phi) is 7.55. The molecule has 1 amide bonds. The van der Waals surface area contributed by atoms with Crippen LogP contribution in [0.4, 0.5) is 5.69 Å². The van der Waals surface area contributed by atoms with Crippen molar-refractivity contribution in [2.45, 2.75) is 24.9 Å². The van der Waals surface area contributed by atoms with E-state index in [9.17, 15) is 4.79 Å². The minimum Gasteiger partial charge on any atom is -0.496 e. The van der Waals surface area contributed by atoms with Crippen LogP contribution in [0.15, 0.2) is 78.0 Å². The SMILES string of the molecule is COc1ccccc1-c1nnc(SCC(=O)Nc2ccc(C(C)C)cc2)n1-c1ccc(Cl)cc1. The standard InChI is InChI=1S/C26H25ClN4O2S/c1-17(2)18-8-12-20(13-9-18)28-24(32)16-34-26-30-29-25(22-6-4-5-7-23(22)33-3)31(26)21-14-10-19(27)11-15-21/h4-15,17H,16H2,1-3H3,(H,28,32). The summed E-state index contributed by atoms with van der Waals surface area (Å²) >= 11 is 7.42. The highest BCUT2D eigenvalue weighted by molar-refractivity contribution is 7.99. The van der Waals surface area contributed by atoms with E-state index in [-0.39, 0.29) is 11.7 Å². The normalized spacial score (nSPS) is 11.0. The second-order valence-electron chi connectivity index (χ2n) is 7.93. The average molecular weight is 493 g/mol. The molecule has 1 N–H and O–H groups in total. The smallest absolute Gasteiger partial charge is 0.234 e. The quantitative estimate of drug-likeness (QED) is 0.286. The number of benzene rings is 3. The van der Waals surface area contributed by atoms with Crippen LogP contribution in [0.3, 0.4) is 0 Å². The lowest BCUT2D eigenvalue weighted by atomic mass is 10.0. The van der Waals surface area contributed by atoms with E-state index in [0.717, 1.165) is 16.9 Å². The lowest BCUT2D eigenvalue weighted by Gasteiger charge is -2.13. The number of nitrogens with one attached hydrogen (secondary N) is 1. The molecule has 8 heteroatoms. The lowest BCUT2D eigenvalue weighted by Crippen LogP contribution is -2.14. The molecule has 1 aromatic heterocycles. The van der Waals surface area contributed by atoms with Crippen molar-refractivity contribution in [3.05, 3.63) is 83.4 Å². The minimum atomic E-state index is -0.119. The van der Waals surface area contributed by atoms with Gasteiger partial charge in [-0.2, -0.15) is 0 Å². The number of anilines is 1. The van der Waals surface area contributed by atoms with Crippen molar-refractivity contribution in [1.29, 1.82) is 0 Å². The van der Waals surface area contributed by atoms with Gasteiger partial charge in [0.15, 0.2) is 11.0 Å². The monoisotopic (exact) mass is 492 g/mol. The van der Waals surface area contributed by atoms with Gasteiger partial charge < -0.3 is 10.1 Å². The van der Waals surface area contributed by atoms with Crippen molar-refractivity contribution in [2.75, 3.05) is 18.2 Å². The first-order chi connectivity index (χ1) is 16.5. The van der Waals surface area contributed by atoms with Crippen LogP contribution >= 0.6 is 23.4 Å². The Morgan fingerprint density at radius 2 is 1.74 bits per heavy atom. The van der Waals surface area contributed by atoms with E-state index in [2.05, 4.69) is 29.4 Å². The average Bonchev–Trinajstić information content (AvgIpc) is 3.27. The molecule has 4 aromatic rings. The molecule has 1 heterocycles. The van der Waals surface area contributed by atoms with Gasteiger partial charge in [0.25, 0.3) is 0 Å². The molecule has 174 valence electrons. The highest BCUT2D eigenvalue weighted by atomic mass is 35.5. The summed E-state index contributed by atoms with van der Waals surface area (Å²) in [5.74, 6) is 1.81. The maximum Gasteiger partial charge on any atom is 0.234 e. The number of para-hydroxylation sites is 1. The van der Waals surface area contributed by atoms with Crippen molar-refractivity contribution in [3.63, 3.8) is 0 Å². The Bertz CT molecular complexity index is 1270. The number of amides is 1. The number of carbonyl (C=O) groups is 1. The maximum absolute atomic E-state index is 12.6. The third-order valence-corrected chi connectivity index (χ3v) is 6.44. The van der Waals surface area contributed by atoms with Crippen LogP contribution in [-0.2, 0) is 4.79 Å². The molecule has 0 aliphatic carbocycles. The van der Waals surface area contributed by atoms with Crippen LogP contribution in [0, 0.1) is 0 Å². The van der Waals surface area contributed by atoms with E-state index >= 15 is 0 Å². The molecule has 0 fully saturated rings. The second kappa shape index (κ2) is 10.8. The molecule has 6 nitrogen and oxygen atoms in total. The molecule has 34 heavy (non-hydrogen) atoms. The number of methoxy groups -OCH3 is 1. The molecule has 0 aliphatic rings. The van der Waals surface area contributed by atoms with Crippen LogP contribution < -0.4 is 10.1 Å². The number of thioether (sulfide) groups is 1. The molecule has 0 bridgehead atoms. The van der Waals surface area contributed by atoms with Gasteiger partial charge in [0.1, 0.15) is 5.75 Å². The first kappa shape index (κ1) is 23.9. The Morgan fingerprint density at radius 1 is 1.03 bits per heavy atom. The largest absolute Gasteiger partial charge is 0.496 e. The van der Waals surface area contributed by atoms with E-state index in [0.29, 0.717) is 27.7 Å². The molecule has 0 saturated heterocycles. The highest BCUT2D eigenvalue weighted by Crippen LogP contribution is 2.33. The van der Waals surface area contributed by atoms with Crippen molar-refractivity contribution in [3.8, 4) is 22.8 Å². The summed E-state index contributed by atoms with van der Waals surface area (Å²) in [5.41, 5.74) is 3.63. The number of hydrogen-bond acceptors (Lipinski definition) is 5. The molecular formula is C26H25ClN4O2S. The third-order valence-electron chi connectivity index (χ3n) is 5.26. The summed E-state index contributed by atoms with van der Waals surface area (Å²) in [5, 5.41) is 13.0. The molecule has 0 radical (unpaired) electrons. The number of halogens is 1. The fraction of sp³-hybridized carbons (Fsp3) is 0.192. The van der Waals surface area contributed by atoms with Crippen LogP contribution in [0.1, 0.15) is 25.3 Å². The van der Waals surface area contributed by atoms with Crippen LogP contribution in [0.5, 0.6) is 5.75 Å². The van der Waals surface area contributed by atoms with Gasteiger partial charge in [-0.15, -0.1) is 10.2 Å². The molecule has 4 rings (SSSR count). The van der Waals surface area contributed by atoms with Gasteiger partial charge in [0.05, 0.1) is 18.4 Å². The van der Waals surface area contributed by atoms with Gasteiger partial charge in [-0.1, -0.05) is 61.5 Å². The number of hydrogen-bond donors (Lipinski definition) is 1. The lowest BCUT2D eigenvalue weighted by molar-refractivity contribution is -0.113. The Balaban J connectivity index is 1.58. The zero-order valence-corrected chi connectivity index (χ0v) is 20.7. The van der Waals surface area contributed by atoms with Crippen molar-refractivity contribution >= 4 is 35.0 Å². The molecular weight excluding hydrogens is 468 g/mol. The summed E-state index contributed by atoms with van der Waals surface area (Å²) in [4.78, 5) is 12.6. The molecule has 0 aliphatic heterocycles. The Labute approximate surface area is 208 Å².